The van der Waals surface area contributed by atoms with Gasteiger partial charge in [0.05, 0.1) is 4.90 Å². The van der Waals surface area contributed by atoms with E-state index in [1.54, 1.807) is 12.1 Å². The number of aryl methyl sites for hydroxylation is 1. The molecule has 0 amide bonds. The Kier molecular flexibility index (Phi) is 10.5. The van der Waals surface area contributed by atoms with Gasteiger partial charge in [-0.15, -0.1) is 10.2 Å². The van der Waals surface area contributed by atoms with Gasteiger partial charge in [-0.05, 0) is 25.5 Å². The molecule has 1 aromatic heterocycles. The van der Waals surface area contributed by atoms with E-state index in [1.807, 2.05) is 6.92 Å². The lowest BCUT2D eigenvalue weighted by molar-refractivity contribution is 0.554. The summed E-state index contributed by atoms with van der Waals surface area (Å²) in [6.07, 6.45) is 11.2. The third-order valence-electron chi connectivity index (χ3n) is 5.18. The predicted molar refractivity (Wildman–Crippen MR) is 129 cm³/mol. The normalized spacial score (nSPS) is 12.2. The number of anilines is 1. The van der Waals surface area contributed by atoms with Crippen LogP contribution in [0.25, 0.3) is 0 Å². The molecule has 0 saturated carbocycles. The van der Waals surface area contributed by atoms with Crippen LogP contribution in [0.4, 0.5) is 5.13 Å². The fraction of sp³-hybridized carbons (Fsp3) is 0.619. The van der Waals surface area contributed by atoms with Gasteiger partial charge in [0.25, 0.3) is 20.0 Å². The standard InChI is InChI=1S/C21H34N4O4S3/c1-3-4-5-6-7-8-9-10-11-12-17-25(20-23-24-21(30-20)31(22,26)27)32(28,29)19-15-13-18(2)14-16-19/h13-16H,3-12,17H2,1-2H3,(H2,22,26,27). The average molecular weight is 503 g/mol. The molecule has 0 radical (unpaired) electrons. The summed E-state index contributed by atoms with van der Waals surface area (Å²) in [5.74, 6) is 0. The molecule has 2 rings (SSSR count). The van der Waals surface area contributed by atoms with E-state index >= 15 is 0 Å². The Hall–Kier alpha value is -1.56. The molecule has 2 aromatic rings. The second kappa shape index (κ2) is 12.6. The highest BCUT2D eigenvalue weighted by Crippen LogP contribution is 2.29. The smallest absolute Gasteiger partial charge is 0.240 e. The van der Waals surface area contributed by atoms with Crippen LogP contribution < -0.4 is 9.44 Å². The molecule has 1 aromatic carbocycles. The van der Waals surface area contributed by atoms with Crippen LogP contribution in [-0.4, -0.2) is 33.6 Å². The Bertz CT molecular complexity index is 1040. The summed E-state index contributed by atoms with van der Waals surface area (Å²) in [7, 11) is -7.96. The first kappa shape index (κ1) is 26.7. The maximum Gasteiger partial charge on any atom is 0.267 e. The summed E-state index contributed by atoms with van der Waals surface area (Å²) >= 11 is 0.665. The maximum absolute atomic E-state index is 13.3. The van der Waals surface area contributed by atoms with Gasteiger partial charge in [0, 0.05) is 6.54 Å². The highest BCUT2D eigenvalue weighted by Gasteiger charge is 2.29. The first-order valence-corrected chi connectivity index (χ1v) is 14.9. The van der Waals surface area contributed by atoms with E-state index in [1.165, 1.54) is 50.7 Å². The number of primary sulfonamides is 1. The lowest BCUT2D eigenvalue weighted by Gasteiger charge is -2.21. The number of sulfonamides is 2. The molecule has 0 spiro atoms. The zero-order chi connectivity index (χ0) is 23.6. The van der Waals surface area contributed by atoms with E-state index < -0.39 is 24.4 Å². The molecule has 180 valence electrons. The fourth-order valence-electron chi connectivity index (χ4n) is 3.32. The van der Waals surface area contributed by atoms with Crippen molar-refractivity contribution in [1.29, 1.82) is 0 Å². The van der Waals surface area contributed by atoms with Crippen molar-refractivity contribution in [3.05, 3.63) is 29.8 Å². The fourth-order valence-corrected chi connectivity index (χ4v) is 6.42. The molecule has 32 heavy (non-hydrogen) atoms. The zero-order valence-electron chi connectivity index (χ0n) is 18.9. The summed E-state index contributed by atoms with van der Waals surface area (Å²) in [5.41, 5.74) is 0.942. The Labute approximate surface area is 196 Å². The summed E-state index contributed by atoms with van der Waals surface area (Å²) in [6, 6.07) is 6.53. The minimum absolute atomic E-state index is 0.00511. The number of hydrogen-bond donors (Lipinski definition) is 1. The predicted octanol–water partition coefficient (Wildman–Crippen LogP) is 4.61. The lowest BCUT2D eigenvalue weighted by Crippen LogP contribution is -2.32. The zero-order valence-corrected chi connectivity index (χ0v) is 21.3. The topological polar surface area (TPSA) is 123 Å². The van der Waals surface area contributed by atoms with Crippen LogP contribution in [-0.2, 0) is 20.0 Å². The van der Waals surface area contributed by atoms with E-state index in [4.69, 9.17) is 5.14 Å². The number of benzene rings is 1. The summed E-state index contributed by atoms with van der Waals surface area (Å²) < 4.78 is 50.5. The van der Waals surface area contributed by atoms with E-state index in [0.717, 1.165) is 29.1 Å². The number of aromatic nitrogens is 2. The number of unbranched alkanes of at least 4 members (excludes halogenated alkanes) is 9. The summed E-state index contributed by atoms with van der Waals surface area (Å²) in [4.78, 5) is 0.127. The van der Waals surface area contributed by atoms with Crippen molar-refractivity contribution < 1.29 is 16.8 Å². The van der Waals surface area contributed by atoms with Crippen LogP contribution in [0.3, 0.4) is 0 Å². The van der Waals surface area contributed by atoms with E-state index in [2.05, 4.69) is 17.1 Å². The third-order valence-corrected chi connectivity index (χ3v) is 9.35. The van der Waals surface area contributed by atoms with Gasteiger partial charge in [0.15, 0.2) is 0 Å². The largest absolute Gasteiger partial charge is 0.267 e. The van der Waals surface area contributed by atoms with Gasteiger partial charge in [0.1, 0.15) is 0 Å². The van der Waals surface area contributed by atoms with Gasteiger partial charge in [-0.2, -0.15) is 0 Å². The van der Waals surface area contributed by atoms with Crippen LogP contribution in [0, 0.1) is 6.92 Å². The molecule has 0 aliphatic rings. The molecule has 0 bridgehead atoms. The SMILES string of the molecule is CCCCCCCCCCCCN(c1nnc(S(N)(=O)=O)s1)S(=O)(=O)c1ccc(C)cc1. The van der Waals surface area contributed by atoms with Crippen molar-refractivity contribution in [3.63, 3.8) is 0 Å². The number of hydrogen-bond acceptors (Lipinski definition) is 7. The van der Waals surface area contributed by atoms with Crippen molar-refractivity contribution in [2.75, 3.05) is 10.8 Å². The van der Waals surface area contributed by atoms with E-state index in [9.17, 15) is 16.8 Å². The van der Waals surface area contributed by atoms with Crippen molar-refractivity contribution in [2.24, 2.45) is 5.14 Å². The van der Waals surface area contributed by atoms with Crippen LogP contribution >= 0.6 is 11.3 Å². The van der Waals surface area contributed by atoms with Crippen molar-refractivity contribution in [1.82, 2.24) is 10.2 Å². The molecule has 0 saturated heterocycles. The summed E-state index contributed by atoms with van der Waals surface area (Å²) in [6.45, 7) is 4.28. The van der Waals surface area contributed by atoms with Gasteiger partial charge in [-0.3, -0.25) is 0 Å². The van der Waals surface area contributed by atoms with Crippen molar-refractivity contribution >= 4 is 36.5 Å². The van der Waals surface area contributed by atoms with Crippen LogP contribution in [0.1, 0.15) is 76.7 Å². The molecule has 0 unspecified atom stereocenters. The van der Waals surface area contributed by atoms with Crippen molar-refractivity contribution in [3.8, 4) is 0 Å². The van der Waals surface area contributed by atoms with Crippen LogP contribution in [0.5, 0.6) is 0 Å². The Balaban J connectivity index is 2.02. The minimum Gasteiger partial charge on any atom is -0.240 e. The Morgan fingerprint density at radius 1 is 0.844 bits per heavy atom. The molecule has 2 N–H and O–H groups in total. The Morgan fingerprint density at radius 2 is 1.38 bits per heavy atom. The third kappa shape index (κ3) is 8.09. The molecule has 0 fully saturated rings. The first-order chi connectivity index (χ1) is 15.2. The second-order valence-electron chi connectivity index (χ2n) is 7.97. The van der Waals surface area contributed by atoms with Crippen LogP contribution in [0.2, 0.25) is 0 Å². The highest BCUT2D eigenvalue weighted by atomic mass is 32.2. The summed E-state index contributed by atoms with van der Waals surface area (Å²) in [5, 5.41) is 12.5. The molecule has 0 aliphatic heterocycles. The molecule has 0 atom stereocenters. The average Bonchev–Trinajstić information content (AvgIpc) is 3.22. The molecule has 1 heterocycles. The van der Waals surface area contributed by atoms with Gasteiger partial charge in [-0.1, -0.05) is 93.7 Å². The quantitative estimate of drug-likeness (QED) is 0.355. The molecule has 8 nitrogen and oxygen atoms in total. The number of nitrogens with zero attached hydrogens (tertiary/aromatic N) is 3. The molecular formula is C21H34N4O4S3. The Morgan fingerprint density at radius 3 is 1.88 bits per heavy atom. The lowest BCUT2D eigenvalue weighted by atomic mass is 10.1. The monoisotopic (exact) mass is 502 g/mol. The van der Waals surface area contributed by atoms with Crippen molar-refractivity contribution in [2.45, 2.75) is 87.3 Å². The van der Waals surface area contributed by atoms with E-state index in [-0.39, 0.29) is 16.6 Å². The molecule has 11 heteroatoms. The molecular weight excluding hydrogens is 468 g/mol. The maximum atomic E-state index is 13.3. The van der Waals surface area contributed by atoms with Crippen LogP contribution in [0.15, 0.2) is 33.5 Å². The van der Waals surface area contributed by atoms with Gasteiger partial charge >= 0.3 is 0 Å². The van der Waals surface area contributed by atoms with E-state index in [0.29, 0.717) is 17.8 Å². The highest BCUT2D eigenvalue weighted by molar-refractivity contribution is 7.93. The first-order valence-electron chi connectivity index (χ1n) is 11.1. The van der Waals surface area contributed by atoms with Gasteiger partial charge in [0.2, 0.25) is 9.47 Å². The van der Waals surface area contributed by atoms with Gasteiger partial charge < -0.3 is 0 Å². The second-order valence-corrected chi connectivity index (χ2v) is 12.5. The van der Waals surface area contributed by atoms with Gasteiger partial charge in [-0.25, -0.2) is 26.3 Å². The minimum atomic E-state index is -4.05. The number of nitrogens with two attached hydrogens (primary N) is 1. The molecule has 0 aliphatic carbocycles. The number of rotatable bonds is 15.